The van der Waals surface area contributed by atoms with Crippen LogP contribution in [0.3, 0.4) is 0 Å². The van der Waals surface area contributed by atoms with Gasteiger partial charge in [0.1, 0.15) is 5.69 Å². The van der Waals surface area contributed by atoms with Gasteiger partial charge in [0.15, 0.2) is 0 Å². The van der Waals surface area contributed by atoms with E-state index in [9.17, 15) is 4.79 Å². The minimum Gasteiger partial charge on any atom is -0.477 e. The van der Waals surface area contributed by atoms with Crippen LogP contribution in [0.1, 0.15) is 80.4 Å². The minimum absolute atomic E-state index is 0. The molecule has 1 radical (unpaired) electrons. The van der Waals surface area contributed by atoms with Gasteiger partial charge in [-0.1, -0.05) is 46.1 Å². The van der Waals surface area contributed by atoms with Crippen LogP contribution in [0.4, 0.5) is 0 Å². The predicted molar refractivity (Wildman–Crippen MR) is 122 cm³/mol. The van der Waals surface area contributed by atoms with E-state index in [2.05, 4.69) is 53.9 Å². The van der Waals surface area contributed by atoms with Gasteiger partial charge in [0.05, 0.1) is 5.82 Å². The number of carboxylic acid groups (broad SMARTS) is 1. The number of benzene rings is 1. The predicted octanol–water partition coefficient (Wildman–Crippen LogP) is 6.07. The van der Waals surface area contributed by atoms with Crippen molar-refractivity contribution in [2.75, 3.05) is 0 Å². The molecule has 0 amide bonds. The van der Waals surface area contributed by atoms with E-state index in [1.165, 1.54) is 55.5 Å². The van der Waals surface area contributed by atoms with Crippen LogP contribution in [0.5, 0.6) is 0 Å². The third kappa shape index (κ3) is 7.32. The first kappa shape index (κ1) is 25.8. The quantitative estimate of drug-likeness (QED) is 0.366. The Morgan fingerprint density at radius 2 is 1.72 bits per heavy atom. The van der Waals surface area contributed by atoms with Crippen molar-refractivity contribution in [3.8, 4) is 11.4 Å². The molecule has 2 heterocycles. The van der Waals surface area contributed by atoms with Crippen molar-refractivity contribution in [3.63, 3.8) is 0 Å². The fourth-order valence-electron chi connectivity index (χ4n) is 3.68. The van der Waals surface area contributed by atoms with Crippen molar-refractivity contribution in [2.24, 2.45) is 0 Å². The molecule has 0 saturated heterocycles. The van der Waals surface area contributed by atoms with Crippen LogP contribution >= 0.6 is 0 Å². The molecule has 0 atom stereocenters. The zero-order valence-corrected chi connectivity index (χ0v) is 21.2. The molecule has 1 aliphatic carbocycles. The number of rotatable bonds is 3. The first-order valence-corrected chi connectivity index (χ1v) is 10.8. The molecule has 2 aromatic heterocycles. The summed E-state index contributed by atoms with van der Waals surface area (Å²) in [5, 5.41) is 8.32. The number of hydrogen-bond donors (Lipinski definition) is 1. The van der Waals surface area contributed by atoms with Gasteiger partial charge in [0.25, 0.3) is 0 Å². The smallest absolute Gasteiger partial charge is 0.354 e. The molecular formula is C26H30IrN3O2-. The Labute approximate surface area is 204 Å². The maximum Gasteiger partial charge on any atom is 0.354 e. The second-order valence-electron chi connectivity index (χ2n) is 8.94. The zero-order chi connectivity index (χ0) is 22.3. The van der Waals surface area contributed by atoms with E-state index >= 15 is 0 Å². The number of aromatic nitrogens is 3. The van der Waals surface area contributed by atoms with Gasteiger partial charge < -0.3 is 5.11 Å². The third-order valence-electron chi connectivity index (χ3n) is 5.54. The van der Waals surface area contributed by atoms with E-state index in [-0.39, 0.29) is 31.2 Å². The molecule has 1 aromatic carbocycles. The Kier molecular flexibility index (Phi) is 9.67. The number of nitrogens with zero attached hydrogens (tertiary/aromatic N) is 3. The van der Waals surface area contributed by atoms with Gasteiger partial charge >= 0.3 is 5.97 Å². The summed E-state index contributed by atoms with van der Waals surface area (Å²) in [7, 11) is 0. The summed E-state index contributed by atoms with van der Waals surface area (Å²) in [4.78, 5) is 22.9. The van der Waals surface area contributed by atoms with E-state index in [4.69, 9.17) is 5.11 Å². The van der Waals surface area contributed by atoms with Gasteiger partial charge in [-0.25, -0.2) is 9.78 Å². The molecule has 0 unspecified atom stereocenters. The van der Waals surface area contributed by atoms with Gasteiger partial charge in [-0.05, 0) is 41.9 Å². The van der Waals surface area contributed by atoms with Crippen molar-refractivity contribution in [3.05, 3.63) is 77.9 Å². The van der Waals surface area contributed by atoms with Crippen LogP contribution in [0, 0.1) is 6.07 Å². The van der Waals surface area contributed by atoms with Crippen LogP contribution in [-0.4, -0.2) is 26.0 Å². The fraction of sp³-hybridized carbons (Fsp3) is 0.385. The van der Waals surface area contributed by atoms with Crippen molar-refractivity contribution in [2.45, 2.75) is 64.2 Å². The standard InChI is InChI=1S/C20H25N2.C6H5NO2.Ir/c1-20(2,3)18-11-7-10-16(12-18)19-21-13-17(14-22-19)15-8-5-4-6-9-15;8-6(9)5-3-1-2-4-7-5;/h7,11-15H,4-6,8-9H2,1-3H3;1-4H,(H,8,9);/q-1;;. The zero-order valence-electron chi connectivity index (χ0n) is 18.8. The molecule has 0 bridgehead atoms. The molecule has 4 rings (SSSR count). The Hall–Kier alpha value is -2.43. The topological polar surface area (TPSA) is 76.0 Å². The Balaban J connectivity index is 0.000000307. The molecule has 5 nitrogen and oxygen atoms in total. The number of carbonyl (C=O) groups is 1. The monoisotopic (exact) mass is 609 g/mol. The van der Waals surface area contributed by atoms with E-state index in [0.29, 0.717) is 5.92 Å². The summed E-state index contributed by atoms with van der Waals surface area (Å²) in [5.74, 6) is 0.453. The van der Waals surface area contributed by atoms with Gasteiger partial charge in [-0.2, -0.15) is 0 Å². The maximum atomic E-state index is 10.1. The summed E-state index contributed by atoms with van der Waals surface area (Å²) in [5.41, 5.74) is 3.79. The molecular weight excluding hydrogens is 579 g/mol. The third-order valence-corrected chi connectivity index (χ3v) is 5.54. The molecule has 32 heavy (non-hydrogen) atoms. The van der Waals surface area contributed by atoms with Crippen LogP contribution in [0.2, 0.25) is 0 Å². The summed E-state index contributed by atoms with van der Waals surface area (Å²) >= 11 is 0. The normalized spacial score (nSPS) is 14.0. The van der Waals surface area contributed by atoms with Crippen molar-refractivity contribution in [1.82, 2.24) is 15.0 Å². The van der Waals surface area contributed by atoms with E-state index in [1.54, 1.807) is 12.1 Å². The second-order valence-corrected chi connectivity index (χ2v) is 8.94. The summed E-state index contributed by atoms with van der Waals surface area (Å²) in [6.07, 6.45) is 12.1. The Morgan fingerprint density at radius 1 is 1.03 bits per heavy atom. The molecule has 1 saturated carbocycles. The summed E-state index contributed by atoms with van der Waals surface area (Å²) in [6.45, 7) is 6.66. The minimum atomic E-state index is -0.990. The number of aromatic carboxylic acids is 1. The van der Waals surface area contributed by atoms with E-state index < -0.39 is 5.97 Å². The fourth-order valence-corrected chi connectivity index (χ4v) is 3.68. The Bertz CT molecular complexity index is 980. The molecule has 1 aliphatic rings. The molecule has 171 valence electrons. The van der Waals surface area contributed by atoms with Crippen LogP contribution < -0.4 is 0 Å². The van der Waals surface area contributed by atoms with Gasteiger partial charge in [-0.15, -0.1) is 35.4 Å². The first-order valence-electron chi connectivity index (χ1n) is 10.8. The van der Waals surface area contributed by atoms with E-state index in [0.717, 1.165) is 11.4 Å². The van der Waals surface area contributed by atoms with Crippen molar-refractivity contribution in [1.29, 1.82) is 0 Å². The van der Waals surface area contributed by atoms with Crippen molar-refractivity contribution < 1.29 is 30.0 Å². The van der Waals surface area contributed by atoms with Gasteiger partial charge in [0, 0.05) is 38.7 Å². The number of carboxylic acids is 1. The Morgan fingerprint density at radius 3 is 2.25 bits per heavy atom. The summed E-state index contributed by atoms with van der Waals surface area (Å²) in [6, 6.07) is 14.3. The average Bonchev–Trinajstić information content (AvgIpc) is 2.80. The first-order chi connectivity index (χ1) is 14.8. The van der Waals surface area contributed by atoms with Crippen LogP contribution in [0.25, 0.3) is 11.4 Å². The molecule has 3 aromatic rings. The average molecular weight is 609 g/mol. The summed E-state index contributed by atoms with van der Waals surface area (Å²) < 4.78 is 0. The second kappa shape index (κ2) is 12.0. The number of hydrogen-bond acceptors (Lipinski definition) is 4. The van der Waals surface area contributed by atoms with Crippen molar-refractivity contribution >= 4 is 5.97 Å². The maximum absolute atomic E-state index is 10.1. The number of pyridine rings is 1. The molecule has 1 fully saturated rings. The molecule has 1 N–H and O–H groups in total. The van der Waals surface area contributed by atoms with Gasteiger partial charge in [0.2, 0.25) is 0 Å². The molecule has 0 aliphatic heterocycles. The van der Waals surface area contributed by atoms with E-state index in [1.807, 2.05) is 18.5 Å². The molecule has 6 heteroatoms. The largest absolute Gasteiger partial charge is 0.477 e. The van der Waals surface area contributed by atoms with Gasteiger partial charge in [-0.3, -0.25) is 9.97 Å². The SMILES string of the molecule is CC(C)(C)c1cc[c-]c(-c2ncc(C3CCCCC3)cn2)c1.O=C(O)c1ccccn1.[Ir]. The van der Waals surface area contributed by atoms with Crippen LogP contribution in [0.15, 0.2) is 55.0 Å². The molecule has 0 spiro atoms. The van der Waals surface area contributed by atoms with Crippen LogP contribution in [-0.2, 0) is 25.5 Å².